The number of hydrogen-bond donors (Lipinski definition) is 3. The second-order valence-electron chi connectivity index (χ2n) is 6.73. The molecule has 0 spiro atoms. The fourth-order valence-corrected chi connectivity index (χ4v) is 3.67. The predicted octanol–water partition coefficient (Wildman–Crippen LogP) is 3.97. The SMILES string of the molecule is CN=C(NCCc1c[nH]c2cc(F)ccc12)NCC1Cc2ccccc21.I. The topological polar surface area (TPSA) is 52.2 Å². The molecule has 0 fully saturated rings. The molecule has 1 unspecified atom stereocenters. The highest BCUT2D eigenvalue weighted by Crippen LogP contribution is 2.33. The quantitative estimate of drug-likeness (QED) is 0.295. The molecule has 0 saturated carbocycles. The van der Waals surface area contributed by atoms with Crippen LogP contribution in [0.2, 0.25) is 0 Å². The first-order valence-corrected chi connectivity index (χ1v) is 9.02. The van der Waals surface area contributed by atoms with Gasteiger partial charge in [-0.1, -0.05) is 24.3 Å². The lowest BCUT2D eigenvalue weighted by Gasteiger charge is -2.30. The maximum atomic E-state index is 13.3. The van der Waals surface area contributed by atoms with Crippen molar-refractivity contribution in [1.82, 2.24) is 15.6 Å². The van der Waals surface area contributed by atoms with Crippen LogP contribution in [-0.2, 0) is 12.8 Å². The lowest BCUT2D eigenvalue weighted by molar-refractivity contribution is 0.584. The average Bonchev–Trinajstić information content (AvgIpc) is 3.03. The Balaban J connectivity index is 0.00000210. The monoisotopic (exact) mass is 478 g/mol. The van der Waals surface area contributed by atoms with E-state index in [9.17, 15) is 4.39 Å². The van der Waals surface area contributed by atoms with Crippen molar-refractivity contribution in [1.29, 1.82) is 0 Å². The molecule has 1 aliphatic rings. The summed E-state index contributed by atoms with van der Waals surface area (Å²) < 4.78 is 13.3. The Labute approximate surface area is 175 Å². The lowest BCUT2D eigenvalue weighted by Crippen LogP contribution is -2.41. The number of nitrogens with zero attached hydrogens (tertiary/aromatic N) is 1. The highest BCUT2D eigenvalue weighted by Gasteiger charge is 2.25. The zero-order valence-electron chi connectivity index (χ0n) is 15.3. The van der Waals surface area contributed by atoms with Crippen LogP contribution >= 0.6 is 24.0 Å². The van der Waals surface area contributed by atoms with Gasteiger partial charge in [-0.25, -0.2) is 4.39 Å². The van der Waals surface area contributed by atoms with Gasteiger partial charge in [0.15, 0.2) is 5.96 Å². The van der Waals surface area contributed by atoms with E-state index in [1.54, 1.807) is 7.05 Å². The Morgan fingerprint density at radius 2 is 2.07 bits per heavy atom. The average molecular weight is 478 g/mol. The number of aliphatic imine (C=N–C) groups is 1. The molecule has 0 saturated heterocycles. The van der Waals surface area contributed by atoms with E-state index in [-0.39, 0.29) is 29.8 Å². The molecule has 2 aromatic carbocycles. The zero-order chi connectivity index (χ0) is 17.9. The number of halogens is 2. The van der Waals surface area contributed by atoms with Crippen LogP contribution in [0.3, 0.4) is 0 Å². The van der Waals surface area contributed by atoms with E-state index >= 15 is 0 Å². The van der Waals surface area contributed by atoms with Gasteiger partial charge in [-0.2, -0.15) is 0 Å². The normalized spacial score (nSPS) is 15.6. The largest absolute Gasteiger partial charge is 0.361 e. The van der Waals surface area contributed by atoms with E-state index in [1.165, 1.54) is 28.8 Å². The first kappa shape index (κ1) is 19.7. The summed E-state index contributed by atoms with van der Waals surface area (Å²) in [6.07, 6.45) is 3.93. The van der Waals surface area contributed by atoms with Crippen LogP contribution in [0.15, 0.2) is 53.7 Å². The minimum atomic E-state index is -0.216. The summed E-state index contributed by atoms with van der Waals surface area (Å²) in [5, 5.41) is 7.85. The summed E-state index contributed by atoms with van der Waals surface area (Å²) >= 11 is 0. The van der Waals surface area contributed by atoms with Crippen molar-refractivity contribution < 1.29 is 4.39 Å². The van der Waals surface area contributed by atoms with Crippen molar-refractivity contribution in [2.24, 2.45) is 4.99 Å². The molecule has 6 heteroatoms. The van der Waals surface area contributed by atoms with Gasteiger partial charge in [-0.3, -0.25) is 4.99 Å². The molecule has 0 aliphatic heterocycles. The number of guanidine groups is 1. The Kier molecular flexibility index (Phi) is 6.36. The van der Waals surface area contributed by atoms with Crippen LogP contribution in [0, 0.1) is 5.82 Å². The number of aromatic nitrogens is 1. The van der Waals surface area contributed by atoms with Crippen molar-refractivity contribution in [3.8, 4) is 0 Å². The minimum Gasteiger partial charge on any atom is -0.361 e. The maximum absolute atomic E-state index is 13.3. The van der Waals surface area contributed by atoms with Crippen molar-refractivity contribution in [3.63, 3.8) is 0 Å². The molecule has 27 heavy (non-hydrogen) atoms. The molecular weight excluding hydrogens is 454 g/mol. The Morgan fingerprint density at radius 3 is 2.89 bits per heavy atom. The molecule has 1 aliphatic carbocycles. The first-order chi connectivity index (χ1) is 12.7. The lowest BCUT2D eigenvalue weighted by atomic mass is 9.78. The molecule has 0 amide bonds. The first-order valence-electron chi connectivity index (χ1n) is 9.02. The Morgan fingerprint density at radius 1 is 1.22 bits per heavy atom. The van der Waals surface area contributed by atoms with Crippen LogP contribution in [-0.4, -0.2) is 31.1 Å². The van der Waals surface area contributed by atoms with E-state index < -0.39 is 0 Å². The summed E-state index contributed by atoms with van der Waals surface area (Å²) in [6.45, 7) is 1.66. The second kappa shape index (κ2) is 8.73. The van der Waals surface area contributed by atoms with E-state index in [2.05, 4.69) is 44.9 Å². The molecule has 3 N–H and O–H groups in total. The van der Waals surface area contributed by atoms with Gasteiger partial charge in [0.25, 0.3) is 0 Å². The van der Waals surface area contributed by atoms with Crippen molar-refractivity contribution in [3.05, 3.63) is 71.2 Å². The highest BCUT2D eigenvalue weighted by atomic mass is 127. The number of rotatable bonds is 5. The van der Waals surface area contributed by atoms with Gasteiger partial charge < -0.3 is 15.6 Å². The summed E-state index contributed by atoms with van der Waals surface area (Å²) in [4.78, 5) is 7.44. The van der Waals surface area contributed by atoms with Gasteiger partial charge in [0.1, 0.15) is 5.82 Å². The molecule has 1 heterocycles. The molecule has 1 atom stereocenters. The van der Waals surface area contributed by atoms with Crippen LogP contribution in [0.25, 0.3) is 10.9 Å². The molecule has 3 aromatic rings. The Bertz CT molecular complexity index is 950. The van der Waals surface area contributed by atoms with E-state index in [0.717, 1.165) is 42.8 Å². The second-order valence-corrected chi connectivity index (χ2v) is 6.73. The number of H-pyrrole nitrogens is 1. The number of nitrogens with one attached hydrogen (secondary N) is 3. The highest BCUT2D eigenvalue weighted by molar-refractivity contribution is 14.0. The zero-order valence-corrected chi connectivity index (χ0v) is 17.6. The number of fused-ring (bicyclic) bond motifs is 2. The molecular formula is C21H24FIN4. The third kappa shape index (κ3) is 4.26. The van der Waals surface area contributed by atoms with Crippen molar-refractivity contribution in [2.45, 2.75) is 18.8 Å². The van der Waals surface area contributed by atoms with Gasteiger partial charge in [0.05, 0.1) is 0 Å². The fourth-order valence-electron chi connectivity index (χ4n) is 3.67. The van der Waals surface area contributed by atoms with E-state index in [4.69, 9.17) is 0 Å². The Hall–Kier alpha value is -2.09. The molecule has 4 nitrogen and oxygen atoms in total. The molecule has 142 valence electrons. The standard InChI is InChI=1S/C21H23FN4.HI/c1-23-21(26-13-16-10-14-4-2-3-5-18(14)16)24-9-8-15-12-25-20-11-17(22)6-7-19(15)20;/h2-7,11-12,16,25H,8-10,13H2,1H3,(H2,23,24,26);1H. The van der Waals surface area contributed by atoms with E-state index in [1.807, 2.05) is 12.3 Å². The number of aromatic amines is 1. The fraction of sp³-hybridized carbons (Fsp3) is 0.286. The molecule has 0 bridgehead atoms. The molecule has 4 rings (SSSR count). The summed E-state index contributed by atoms with van der Waals surface area (Å²) in [6, 6.07) is 13.5. The molecule has 1 aromatic heterocycles. The number of benzene rings is 2. The van der Waals surface area contributed by atoms with Gasteiger partial charge in [-0.05, 0) is 47.7 Å². The van der Waals surface area contributed by atoms with Gasteiger partial charge in [0, 0.05) is 43.2 Å². The van der Waals surface area contributed by atoms with Crippen LogP contribution < -0.4 is 10.6 Å². The third-order valence-corrected chi connectivity index (χ3v) is 5.12. The van der Waals surface area contributed by atoms with Crippen LogP contribution in [0.5, 0.6) is 0 Å². The van der Waals surface area contributed by atoms with Crippen LogP contribution in [0.1, 0.15) is 22.6 Å². The third-order valence-electron chi connectivity index (χ3n) is 5.12. The van der Waals surface area contributed by atoms with E-state index in [0.29, 0.717) is 5.92 Å². The summed E-state index contributed by atoms with van der Waals surface area (Å²) in [7, 11) is 1.79. The van der Waals surface area contributed by atoms with Gasteiger partial charge in [0.2, 0.25) is 0 Å². The minimum absolute atomic E-state index is 0. The van der Waals surface area contributed by atoms with Gasteiger partial charge >= 0.3 is 0 Å². The predicted molar refractivity (Wildman–Crippen MR) is 120 cm³/mol. The van der Waals surface area contributed by atoms with Crippen molar-refractivity contribution >= 4 is 40.8 Å². The molecule has 0 radical (unpaired) electrons. The smallest absolute Gasteiger partial charge is 0.191 e. The van der Waals surface area contributed by atoms with Crippen molar-refractivity contribution in [2.75, 3.05) is 20.1 Å². The number of hydrogen-bond acceptors (Lipinski definition) is 1. The summed E-state index contributed by atoms with van der Waals surface area (Å²) in [5.41, 5.74) is 4.92. The van der Waals surface area contributed by atoms with Crippen LogP contribution in [0.4, 0.5) is 4.39 Å². The van der Waals surface area contributed by atoms with Gasteiger partial charge in [-0.15, -0.1) is 24.0 Å². The summed E-state index contributed by atoms with van der Waals surface area (Å²) in [5.74, 6) is 1.17. The maximum Gasteiger partial charge on any atom is 0.191 e.